The molecule has 2 aromatic rings. The van der Waals surface area contributed by atoms with E-state index >= 15 is 0 Å². The number of anilines is 1. The van der Waals surface area contributed by atoms with Crippen LogP contribution in [-0.4, -0.2) is 26.0 Å². The van der Waals surface area contributed by atoms with Gasteiger partial charge in [0.2, 0.25) is 0 Å². The van der Waals surface area contributed by atoms with Gasteiger partial charge in [0.05, 0.1) is 19.3 Å². The summed E-state index contributed by atoms with van der Waals surface area (Å²) < 4.78 is 31.6. The Bertz CT molecular complexity index is 819. The number of ether oxygens (including phenoxy) is 1. The van der Waals surface area contributed by atoms with Crippen molar-refractivity contribution < 1.29 is 18.3 Å². The summed E-state index contributed by atoms with van der Waals surface area (Å²) in [5.74, 6) is -0.469. The minimum absolute atomic E-state index is 0.0884. The molecule has 132 valence electrons. The number of rotatable bonds is 9. The molecule has 0 spiro atoms. The Morgan fingerprint density at radius 2 is 1.84 bits per heavy atom. The van der Waals surface area contributed by atoms with Crippen molar-refractivity contribution in [2.75, 3.05) is 17.2 Å². The van der Waals surface area contributed by atoms with Gasteiger partial charge in [-0.05, 0) is 28.8 Å². The Kier molecular flexibility index (Phi) is 6.79. The highest BCUT2D eigenvalue weighted by atomic mass is 32.2. The van der Waals surface area contributed by atoms with Crippen LogP contribution in [0.3, 0.4) is 0 Å². The molecule has 2 aromatic carbocycles. The molecule has 2 N–H and O–H groups in total. The Labute approximate surface area is 145 Å². The van der Waals surface area contributed by atoms with Crippen LogP contribution in [0.5, 0.6) is 0 Å². The van der Waals surface area contributed by atoms with Crippen LogP contribution in [0.15, 0.2) is 59.7 Å². The van der Waals surface area contributed by atoms with Gasteiger partial charge in [0.15, 0.2) is 5.94 Å². The third kappa shape index (κ3) is 6.44. The maximum Gasteiger partial charge on any atom is 0.257 e. The molecule has 8 nitrogen and oxygen atoms in total. The minimum Gasteiger partial charge on any atom is -0.388 e. The molecule has 1 atom stereocenters. The molecule has 0 saturated heterocycles. The Hall–Kier alpha value is -2.58. The van der Waals surface area contributed by atoms with Gasteiger partial charge in [-0.1, -0.05) is 47.6 Å². The zero-order valence-electron chi connectivity index (χ0n) is 13.3. The number of azide groups is 1. The number of aliphatic hydroxyl groups is 1. The normalized spacial score (nSPS) is 12.2. The Morgan fingerprint density at radius 1 is 1.16 bits per heavy atom. The standard InChI is InChI=1S/C16H18N4O4S/c17-20-18-10-16(21)14-6-8-15(9-7-14)19-25(22,23)12-24-11-13-4-2-1-3-5-13/h1-9,16,19,21H,10-12H2/t16-/m0/s1. The second-order valence-corrected chi connectivity index (χ2v) is 6.89. The topological polar surface area (TPSA) is 124 Å². The number of sulfonamides is 1. The van der Waals surface area contributed by atoms with Gasteiger partial charge >= 0.3 is 0 Å². The summed E-state index contributed by atoms with van der Waals surface area (Å²) in [6, 6.07) is 15.4. The van der Waals surface area contributed by atoms with E-state index in [1.54, 1.807) is 12.1 Å². The Balaban J connectivity index is 1.88. The van der Waals surface area contributed by atoms with Crippen molar-refractivity contribution in [2.45, 2.75) is 12.7 Å². The average Bonchev–Trinajstić information content (AvgIpc) is 2.60. The number of hydrogen-bond acceptors (Lipinski definition) is 5. The van der Waals surface area contributed by atoms with Gasteiger partial charge in [-0.3, -0.25) is 4.72 Å². The van der Waals surface area contributed by atoms with E-state index in [-0.39, 0.29) is 13.2 Å². The predicted octanol–water partition coefficient (Wildman–Crippen LogP) is 2.95. The molecule has 0 heterocycles. The van der Waals surface area contributed by atoms with Crippen LogP contribution >= 0.6 is 0 Å². The van der Waals surface area contributed by atoms with Crippen molar-refractivity contribution in [2.24, 2.45) is 5.11 Å². The van der Waals surface area contributed by atoms with Crippen LogP contribution in [0.2, 0.25) is 0 Å². The van der Waals surface area contributed by atoms with E-state index in [1.165, 1.54) is 12.1 Å². The molecular formula is C16H18N4O4S. The molecule has 0 saturated carbocycles. The van der Waals surface area contributed by atoms with Crippen molar-refractivity contribution in [1.29, 1.82) is 0 Å². The van der Waals surface area contributed by atoms with Crippen molar-refractivity contribution in [3.63, 3.8) is 0 Å². The van der Waals surface area contributed by atoms with E-state index in [0.29, 0.717) is 11.3 Å². The summed E-state index contributed by atoms with van der Waals surface area (Å²) in [5, 5.41) is 13.1. The molecule has 2 rings (SSSR count). The zero-order valence-corrected chi connectivity index (χ0v) is 14.1. The maximum atomic E-state index is 12.0. The molecule has 0 aliphatic rings. The van der Waals surface area contributed by atoms with E-state index in [4.69, 9.17) is 10.3 Å². The Morgan fingerprint density at radius 3 is 2.48 bits per heavy atom. The summed E-state index contributed by atoms with van der Waals surface area (Å²) in [5.41, 5.74) is 10.00. The quantitative estimate of drug-likeness (QED) is 0.404. The van der Waals surface area contributed by atoms with Crippen LogP contribution in [-0.2, 0) is 21.4 Å². The van der Waals surface area contributed by atoms with Gasteiger partial charge in [-0.2, -0.15) is 0 Å². The molecule has 0 fully saturated rings. The van der Waals surface area contributed by atoms with Crippen LogP contribution in [0.25, 0.3) is 10.4 Å². The summed E-state index contributed by atoms with van der Waals surface area (Å²) in [7, 11) is -3.65. The van der Waals surface area contributed by atoms with Gasteiger partial charge in [-0.25, -0.2) is 8.42 Å². The van der Waals surface area contributed by atoms with Crippen LogP contribution in [0.1, 0.15) is 17.2 Å². The summed E-state index contributed by atoms with van der Waals surface area (Å²) in [4.78, 5) is 2.58. The van der Waals surface area contributed by atoms with Gasteiger partial charge in [-0.15, -0.1) is 0 Å². The summed E-state index contributed by atoms with van der Waals surface area (Å²) in [6.07, 6.45) is -0.934. The molecule has 9 heteroatoms. The highest BCUT2D eigenvalue weighted by Crippen LogP contribution is 2.17. The van der Waals surface area contributed by atoms with Gasteiger partial charge in [0, 0.05) is 10.6 Å². The van der Waals surface area contributed by atoms with E-state index in [1.807, 2.05) is 30.3 Å². The smallest absolute Gasteiger partial charge is 0.257 e. The van der Waals surface area contributed by atoms with E-state index in [9.17, 15) is 13.5 Å². The van der Waals surface area contributed by atoms with Crippen molar-refractivity contribution in [3.05, 3.63) is 76.2 Å². The van der Waals surface area contributed by atoms with Crippen molar-refractivity contribution in [3.8, 4) is 0 Å². The first-order valence-corrected chi connectivity index (χ1v) is 9.06. The summed E-state index contributed by atoms with van der Waals surface area (Å²) in [6.45, 7) is 0.112. The van der Waals surface area contributed by atoms with Gasteiger partial charge < -0.3 is 9.84 Å². The van der Waals surface area contributed by atoms with Gasteiger partial charge in [0.25, 0.3) is 10.0 Å². The monoisotopic (exact) mass is 362 g/mol. The molecule has 0 aromatic heterocycles. The maximum absolute atomic E-state index is 12.0. The van der Waals surface area contributed by atoms with E-state index < -0.39 is 22.1 Å². The largest absolute Gasteiger partial charge is 0.388 e. The lowest BCUT2D eigenvalue weighted by molar-refractivity contribution is 0.163. The second kappa shape index (κ2) is 9.05. The first kappa shape index (κ1) is 18.8. The fourth-order valence-electron chi connectivity index (χ4n) is 2.05. The minimum atomic E-state index is -3.65. The molecule has 0 unspecified atom stereocenters. The molecule has 0 amide bonds. The fraction of sp³-hybridized carbons (Fsp3) is 0.250. The number of aliphatic hydroxyl groups excluding tert-OH is 1. The molecule has 0 radical (unpaired) electrons. The SMILES string of the molecule is [N-]=[N+]=NC[C@H](O)c1ccc(NS(=O)(=O)COCc2ccccc2)cc1. The first-order valence-electron chi connectivity index (χ1n) is 7.41. The number of nitrogens with zero attached hydrogens (tertiary/aromatic N) is 3. The van der Waals surface area contributed by atoms with Crippen LogP contribution in [0, 0.1) is 0 Å². The van der Waals surface area contributed by atoms with Crippen molar-refractivity contribution >= 4 is 15.7 Å². The first-order chi connectivity index (χ1) is 12.0. The number of benzene rings is 2. The highest BCUT2D eigenvalue weighted by Gasteiger charge is 2.12. The fourth-order valence-corrected chi connectivity index (χ4v) is 2.90. The zero-order chi connectivity index (χ0) is 18.1. The average molecular weight is 362 g/mol. The highest BCUT2D eigenvalue weighted by molar-refractivity contribution is 7.92. The van der Waals surface area contributed by atoms with E-state index in [0.717, 1.165) is 5.56 Å². The third-order valence-corrected chi connectivity index (χ3v) is 4.26. The van der Waals surface area contributed by atoms with Gasteiger partial charge in [0.1, 0.15) is 0 Å². The molecule has 25 heavy (non-hydrogen) atoms. The number of hydrogen-bond donors (Lipinski definition) is 2. The molecular weight excluding hydrogens is 344 g/mol. The predicted molar refractivity (Wildman–Crippen MR) is 94.1 cm³/mol. The number of nitrogens with one attached hydrogen (secondary N) is 1. The van der Waals surface area contributed by atoms with Crippen LogP contribution in [0.4, 0.5) is 5.69 Å². The van der Waals surface area contributed by atoms with Crippen molar-refractivity contribution in [1.82, 2.24) is 0 Å². The second-order valence-electron chi connectivity index (χ2n) is 5.22. The molecule has 0 aliphatic heterocycles. The lowest BCUT2D eigenvalue weighted by Crippen LogP contribution is -2.18. The third-order valence-electron chi connectivity index (χ3n) is 3.24. The molecule has 0 bridgehead atoms. The van der Waals surface area contributed by atoms with Crippen LogP contribution < -0.4 is 4.72 Å². The summed E-state index contributed by atoms with van der Waals surface area (Å²) >= 11 is 0. The molecule has 0 aliphatic carbocycles. The lowest BCUT2D eigenvalue weighted by Gasteiger charge is -2.11. The van der Waals surface area contributed by atoms with E-state index in [2.05, 4.69) is 14.7 Å². The lowest BCUT2D eigenvalue weighted by atomic mass is 10.1.